The number of hydrogen-bond acceptors (Lipinski definition) is 1. The molecule has 3 heterocycles. The summed E-state index contributed by atoms with van der Waals surface area (Å²) in [5.74, 6) is 1.57. The lowest BCUT2D eigenvalue weighted by Gasteiger charge is -2.29. The number of allylic oxidation sites excluding steroid dienone is 2. The topological polar surface area (TPSA) is 7.65 Å². The van der Waals surface area contributed by atoms with Crippen molar-refractivity contribution in [3.8, 4) is 22.3 Å². The Morgan fingerprint density at radius 1 is 0.588 bits per heavy atom. The summed E-state index contributed by atoms with van der Waals surface area (Å²) in [4.78, 5) is 2.53. The lowest BCUT2D eigenvalue weighted by molar-refractivity contribution is 0.740. The number of fused-ring (bicyclic) bond motifs is 5. The van der Waals surface area contributed by atoms with E-state index < -0.39 is 0 Å². The largest absolute Gasteiger partial charge is 0.319 e. The van der Waals surface area contributed by atoms with Gasteiger partial charge in [-0.2, -0.15) is 0 Å². The van der Waals surface area contributed by atoms with Crippen molar-refractivity contribution >= 4 is 17.0 Å². The van der Waals surface area contributed by atoms with Crippen molar-refractivity contribution in [2.75, 3.05) is 4.90 Å². The van der Waals surface area contributed by atoms with Crippen LogP contribution in [-0.2, 0) is 0 Å². The van der Waals surface area contributed by atoms with Crippen LogP contribution < -0.4 is 4.90 Å². The normalized spacial score (nSPS) is 18.3. The summed E-state index contributed by atoms with van der Waals surface area (Å²) >= 11 is 0. The van der Waals surface area contributed by atoms with Crippen molar-refractivity contribution in [3.05, 3.63) is 139 Å². The molecular weight excluding hydrogens is 412 g/mol. The lowest BCUT2D eigenvalue weighted by atomic mass is 9.88. The van der Waals surface area contributed by atoms with Gasteiger partial charge in [0.2, 0.25) is 0 Å². The minimum atomic E-state index is 0.251. The van der Waals surface area contributed by atoms with Gasteiger partial charge in [-0.25, -0.2) is 0 Å². The Bertz CT molecular complexity index is 1560. The Morgan fingerprint density at radius 2 is 1.29 bits per heavy atom. The average Bonchev–Trinajstić information content (AvgIpc) is 3.43. The summed E-state index contributed by atoms with van der Waals surface area (Å²) < 4.78 is 2.38. The van der Waals surface area contributed by atoms with Gasteiger partial charge in [0.15, 0.2) is 0 Å². The van der Waals surface area contributed by atoms with Gasteiger partial charge >= 0.3 is 0 Å². The standard InChI is InChI=1S/C32H24N2/c1-3-12-23(13-4-1)25-16-11-17-26(22-25)34-28-19-8-7-18-27(28)31-30(24-14-5-2-6-15-24)29-20-9-10-21-33(29)32(31)34/h1-22,27-28H. The van der Waals surface area contributed by atoms with Crippen molar-refractivity contribution in [2.24, 2.45) is 0 Å². The molecule has 2 atom stereocenters. The molecule has 1 aliphatic heterocycles. The molecule has 2 aliphatic rings. The first-order valence-corrected chi connectivity index (χ1v) is 11.9. The SMILES string of the molecule is C1=CC2c3c(-c4ccccc4)c4ccccn4c3N(c3cccc(-c4ccccc4)c3)C2C=C1. The molecule has 1 aliphatic carbocycles. The number of anilines is 2. The van der Waals surface area contributed by atoms with Crippen LogP contribution in [0.2, 0.25) is 0 Å². The molecule has 2 unspecified atom stereocenters. The molecule has 0 spiro atoms. The van der Waals surface area contributed by atoms with Crippen molar-refractivity contribution < 1.29 is 0 Å². The summed E-state index contributed by atoms with van der Waals surface area (Å²) in [6.07, 6.45) is 11.3. The minimum Gasteiger partial charge on any atom is -0.319 e. The highest BCUT2D eigenvalue weighted by Crippen LogP contribution is 2.53. The van der Waals surface area contributed by atoms with Gasteiger partial charge in [0.1, 0.15) is 5.82 Å². The van der Waals surface area contributed by atoms with E-state index in [0.717, 1.165) is 0 Å². The van der Waals surface area contributed by atoms with E-state index in [2.05, 4.69) is 143 Å². The van der Waals surface area contributed by atoms with Crippen LogP contribution in [0.5, 0.6) is 0 Å². The molecule has 34 heavy (non-hydrogen) atoms. The third kappa shape index (κ3) is 2.82. The molecule has 0 saturated carbocycles. The van der Waals surface area contributed by atoms with Crippen LogP contribution in [0.4, 0.5) is 11.5 Å². The van der Waals surface area contributed by atoms with Gasteiger partial charge in [-0.15, -0.1) is 0 Å². The molecule has 0 amide bonds. The van der Waals surface area contributed by atoms with E-state index in [9.17, 15) is 0 Å². The van der Waals surface area contributed by atoms with Gasteiger partial charge in [0, 0.05) is 28.9 Å². The molecule has 7 rings (SSSR count). The van der Waals surface area contributed by atoms with E-state index in [1.54, 1.807) is 0 Å². The zero-order valence-corrected chi connectivity index (χ0v) is 18.8. The van der Waals surface area contributed by atoms with Gasteiger partial charge in [-0.1, -0.05) is 103 Å². The van der Waals surface area contributed by atoms with Gasteiger partial charge in [0.05, 0.1) is 11.6 Å². The van der Waals surface area contributed by atoms with Crippen LogP contribution in [-0.4, -0.2) is 10.4 Å². The Labute approximate surface area is 199 Å². The van der Waals surface area contributed by atoms with Gasteiger partial charge in [0.25, 0.3) is 0 Å². The van der Waals surface area contributed by atoms with Crippen LogP contribution >= 0.6 is 0 Å². The summed E-state index contributed by atoms with van der Waals surface area (Å²) in [6.45, 7) is 0. The first-order chi connectivity index (χ1) is 16.9. The van der Waals surface area contributed by atoms with Gasteiger partial charge in [-0.05, 0) is 41.0 Å². The molecule has 2 aromatic heterocycles. The third-order valence-electron chi connectivity index (χ3n) is 7.11. The van der Waals surface area contributed by atoms with Crippen LogP contribution in [0.3, 0.4) is 0 Å². The Kier molecular flexibility index (Phi) is 4.31. The van der Waals surface area contributed by atoms with E-state index in [1.807, 2.05) is 0 Å². The average molecular weight is 437 g/mol. The molecule has 0 radical (unpaired) electrons. The maximum atomic E-state index is 2.53. The highest BCUT2D eigenvalue weighted by molar-refractivity contribution is 5.94. The zero-order chi connectivity index (χ0) is 22.5. The number of nitrogens with zero attached hydrogens (tertiary/aromatic N) is 2. The smallest absolute Gasteiger partial charge is 0.122 e. The molecule has 2 nitrogen and oxygen atoms in total. The van der Waals surface area contributed by atoms with E-state index >= 15 is 0 Å². The molecular formula is C32H24N2. The number of benzene rings is 3. The number of rotatable bonds is 3. The summed E-state index contributed by atoms with van der Waals surface area (Å²) in [5.41, 5.74) is 8.98. The van der Waals surface area contributed by atoms with Crippen molar-refractivity contribution in [1.29, 1.82) is 0 Å². The lowest BCUT2D eigenvalue weighted by Crippen LogP contribution is -2.29. The zero-order valence-electron chi connectivity index (χ0n) is 18.8. The maximum absolute atomic E-state index is 2.53. The second kappa shape index (κ2) is 7.64. The molecule has 0 N–H and O–H groups in total. The molecule has 162 valence electrons. The number of aromatic nitrogens is 1. The van der Waals surface area contributed by atoms with Crippen molar-refractivity contribution in [3.63, 3.8) is 0 Å². The Morgan fingerprint density at radius 3 is 2.12 bits per heavy atom. The molecule has 2 heteroatoms. The predicted molar refractivity (Wildman–Crippen MR) is 142 cm³/mol. The number of pyridine rings is 1. The van der Waals surface area contributed by atoms with E-state index in [-0.39, 0.29) is 6.04 Å². The third-order valence-corrected chi connectivity index (χ3v) is 7.11. The monoisotopic (exact) mass is 436 g/mol. The van der Waals surface area contributed by atoms with Crippen LogP contribution in [0.1, 0.15) is 11.5 Å². The molecule has 0 saturated heterocycles. The first kappa shape index (κ1) is 19.2. The van der Waals surface area contributed by atoms with E-state index in [0.29, 0.717) is 5.92 Å². The summed E-state index contributed by atoms with van der Waals surface area (Å²) in [7, 11) is 0. The predicted octanol–water partition coefficient (Wildman–Crippen LogP) is 8.00. The quantitative estimate of drug-likeness (QED) is 0.278. The number of hydrogen-bond donors (Lipinski definition) is 0. The minimum absolute atomic E-state index is 0.251. The summed E-state index contributed by atoms with van der Waals surface area (Å²) in [6, 6.07) is 37.2. The van der Waals surface area contributed by atoms with Crippen molar-refractivity contribution in [1.82, 2.24) is 4.40 Å². The first-order valence-electron chi connectivity index (χ1n) is 11.9. The highest BCUT2D eigenvalue weighted by Gasteiger charge is 2.42. The molecule has 0 bridgehead atoms. The summed E-state index contributed by atoms with van der Waals surface area (Å²) in [5, 5.41) is 0. The Balaban J connectivity index is 1.50. The second-order valence-electron chi connectivity index (χ2n) is 9.01. The fourth-order valence-electron chi connectivity index (χ4n) is 5.69. The van der Waals surface area contributed by atoms with Crippen LogP contribution in [0.25, 0.3) is 27.8 Å². The molecule has 3 aromatic carbocycles. The fourth-order valence-corrected chi connectivity index (χ4v) is 5.69. The van der Waals surface area contributed by atoms with Crippen molar-refractivity contribution in [2.45, 2.75) is 12.0 Å². The van der Waals surface area contributed by atoms with E-state index in [4.69, 9.17) is 0 Å². The van der Waals surface area contributed by atoms with Crippen LogP contribution in [0, 0.1) is 0 Å². The molecule has 0 fully saturated rings. The fraction of sp³-hybridized carbons (Fsp3) is 0.0625. The highest BCUT2D eigenvalue weighted by atomic mass is 15.3. The van der Waals surface area contributed by atoms with Gasteiger partial charge < -0.3 is 9.30 Å². The van der Waals surface area contributed by atoms with Gasteiger partial charge in [-0.3, -0.25) is 0 Å². The van der Waals surface area contributed by atoms with E-state index in [1.165, 1.54) is 44.8 Å². The Hall–Kier alpha value is -4.30. The molecule has 5 aromatic rings. The maximum Gasteiger partial charge on any atom is 0.122 e. The second-order valence-corrected chi connectivity index (χ2v) is 9.01. The van der Waals surface area contributed by atoms with Crippen LogP contribution in [0.15, 0.2) is 134 Å².